The van der Waals surface area contributed by atoms with Crippen molar-refractivity contribution in [2.24, 2.45) is 11.7 Å². The fourth-order valence-electron chi connectivity index (χ4n) is 1.46. The van der Waals surface area contributed by atoms with Gasteiger partial charge >= 0.3 is 0 Å². The molecule has 1 saturated carbocycles. The van der Waals surface area contributed by atoms with Gasteiger partial charge in [-0.05, 0) is 25.7 Å². The molecule has 0 radical (unpaired) electrons. The Labute approximate surface area is 80.7 Å². The van der Waals surface area contributed by atoms with Gasteiger partial charge in [0.05, 0.1) is 5.92 Å². The van der Waals surface area contributed by atoms with Crippen molar-refractivity contribution in [1.82, 2.24) is 0 Å². The molecular formula is C9H15F4N. The summed E-state index contributed by atoms with van der Waals surface area (Å²) in [5, 5.41) is 0. The van der Waals surface area contributed by atoms with E-state index >= 15 is 0 Å². The number of halogens is 4. The van der Waals surface area contributed by atoms with Crippen molar-refractivity contribution >= 4 is 0 Å². The van der Waals surface area contributed by atoms with Gasteiger partial charge in [0.25, 0.3) is 0 Å². The molecule has 84 valence electrons. The second-order valence-electron chi connectivity index (χ2n) is 4.09. The number of hydrogen-bond acceptors (Lipinski definition) is 1. The van der Waals surface area contributed by atoms with Gasteiger partial charge in [-0.1, -0.05) is 6.42 Å². The lowest BCUT2D eigenvalue weighted by Crippen LogP contribution is -2.24. The molecule has 2 N–H and O–H groups in total. The van der Waals surface area contributed by atoms with Crippen molar-refractivity contribution in [2.75, 3.05) is 0 Å². The first-order valence-corrected chi connectivity index (χ1v) is 4.80. The molecule has 1 aliphatic carbocycles. The van der Waals surface area contributed by atoms with Crippen LogP contribution in [0.25, 0.3) is 0 Å². The van der Waals surface area contributed by atoms with Gasteiger partial charge in [-0.15, -0.1) is 0 Å². The highest BCUT2D eigenvalue weighted by Gasteiger charge is 2.38. The third-order valence-electron chi connectivity index (χ3n) is 2.75. The maximum atomic E-state index is 12.1. The second-order valence-corrected chi connectivity index (χ2v) is 4.09. The van der Waals surface area contributed by atoms with Crippen LogP contribution >= 0.6 is 0 Å². The van der Waals surface area contributed by atoms with Gasteiger partial charge < -0.3 is 5.73 Å². The summed E-state index contributed by atoms with van der Waals surface area (Å²) in [6, 6.07) is 0. The molecule has 0 aromatic carbocycles. The zero-order valence-electron chi connectivity index (χ0n) is 7.86. The average Bonchev–Trinajstić information content (AvgIpc) is 2.77. The molecule has 1 aliphatic rings. The number of rotatable bonds is 6. The Balaban J connectivity index is 2.19. The van der Waals surface area contributed by atoms with Gasteiger partial charge in [-0.3, -0.25) is 0 Å². The van der Waals surface area contributed by atoms with Crippen molar-refractivity contribution < 1.29 is 17.6 Å². The summed E-state index contributed by atoms with van der Waals surface area (Å²) >= 11 is 0. The van der Waals surface area contributed by atoms with Crippen LogP contribution in [-0.4, -0.2) is 18.4 Å². The molecule has 0 aromatic heterocycles. The zero-order chi connectivity index (χ0) is 10.8. The molecule has 0 aliphatic heterocycles. The van der Waals surface area contributed by atoms with E-state index < -0.39 is 18.8 Å². The maximum absolute atomic E-state index is 12.1. The van der Waals surface area contributed by atoms with E-state index in [1.54, 1.807) is 0 Å². The summed E-state index contributed by atoms with van der Waals surface area (Å²) in [5.41, 5.74) is 5.48. The van der Waals surface area contributed by atoms with E-state index in [0.717, 1.165) is 12.8 Å². The summed E-state index contributed by atoms with van der Waals surface area (Å²) < 4.78 is 48.3. The molecule has 0 heterocycles. The monoisotopic (exact) mass is 213 g/mol. The lowest BCUT2D eigenvalue weighted by atomic mass is 10.00. The summed E-state index contributed by atoms with van der Waals surface area (Å²) in [7, 11) is 0. The van der Waals surface area contributed by atoms with E-state index in [4.69, 9.17) is 5.73 Å². The van der Waals surface area contributed by atoms with Crippen LogP contribution in [0.3, 0.4) is 0 Å². The van der Waals surface area contributed by atoms with E-state index in [1.807, 2.05) is 0 Å². The number of hydrogen-bond donors (Lipinski definition) is 1. The lowest BCUT2D eigenvalue weighted by Gasteiger charge is -2.15. The predicted molar refractivity (Wildman–Crippen MR) is 45.5 cm³/mol. The predicted octanol–water partition coefficient (Wildman–Crippen LogP) is 2.79. The molecule has 0 bridgehead atoms. The lowest BCUT2D eigenvalue weighted by molar-refractivity contribution is -0.0316. The van der Waals surface area contributed by atoms with Gasteiger partial charge in [-0.25, -0.2) is 17.6 Å². The van der Waals surface area contributed by atoms with Crippen molar-refractivity contribution in [3.05, 3.63) is 0 Å². The van der Waals surface area contributed by atoms with Crippen LogP contribution in [0.4, 0.5) is 17.6 Å². The van der Waals surface area contributed by atoms with E-state index in [2.05, 4.69) is 0 Å². The van der Waals surface area contributed by atoms with Crippen molar-refractivity contribution in [2.45, 2.75) is 50.5 Å². The summed E-state index contributed by atoms with van der Waals surface area (Å²) in [6.07, 6.45) is -3.25. The largest absolute Gasteiger partial charge is 0.325 e. The van der Waals surface area contributed by atoms with Crippen molar-refractivity contribution in [3.63, 3.8) is 0 Å². The second kappa shape index (κ2) is 4.47. The molecule has 1 fully saturated rings. The van der Waals surface area contributed by atoms with Gasteiger partial charge in [0, 0.05) is 5.54 Å². The molecule has 0 saturated heterocycles. The molecular weight excluding hydrogens is 198 g/mol. The summed E-state index contributed by atoms with van der Waals surface area (Å²) in [6.45, 7) is 0. The number of alkyl halides is 4. The Morgan fingerprint density at radius 1 is 1.07 bits per heavy atom. The molecule has 0 atom stereocenters. The van der Waals surface area contributed by atoms with Crippen LogP contribution in [0.5, 0.6) is 0 Å². The third kappa shape index (κ3) is 3.44. The van der Waals surface area contributed by atoms with E-state index in [-0.39, 0.29) is 12.0 Å². The molecule has 1 nitrogen and oxygen atoms in total. The first-order valence-electron chi connectivity index (χ1n) is 4.80. The van der Waals surface area contributed by atoms with Crippen molar-refractivity contribution in [1.29, 1.82) is 0 Å². The van der Waals surface area contributed by atoms with Crippen LogP contribution in [0.2, 0.25) is 0 Å². The van der Waals surface area contributed by atoms with Gasteiger partial charge in [0.15, 0.2) is 0 Å². The van der Waals surface area contributed by atoms with Gasteiger partial charge in [-0.2, -0.15) is 0 Å². The molecule has 1 rings (SSSR count). The molecule has 0 aromatic rings. The summed E-state index contributed by atoms with van der Waals surface area (Å²) in [5.74, 6) is -1.78. The van der Waals surface area contributed by atoms with E-state index in [0.29, 0.717) is 12.8 Å². The molecule has 0 amide bonds. The Bertz CT molecular complexity index is 172. The molecule has 5 heteroatoms. The Hall–Kier alpha value is -0.320. The molecule has 0 spiro atoms. The first kappa shape index (κ1) is 11.8. The Kier molecular flexibility index (Phi) is 3.75. The minimum absolute atomic E-state index is 0.131. The average molecular weight is 213 g/mol. The van der Waals surface area contributed by atoms with Crippen LogP contribution in [0.15, 0.2) is 0 Å². The Morgan fingerprint density at radius 3 is 1.93 bits per heavy atom. The van der Waals surface area contributed by atoms with Gasteiger partial charge in [0.1, 0.15) is 0 Å². The molecule has 14 heavy (non-hydrogen) atoms. The fourth-order valence-corrected chi connectivity index (χ4v) is 1.46. The van der Waals surface area contributed by atoms with Crippen LogP contribution in [0, 0.1) is 5.92 Å². The van der Waals surface area contributed by atoms with Crippen LogP contribution in [-0.2, 0) is 0 Å². The van der Waals surface area contributed by atoms with Crippen LogP contribution in [0.1, 0.15) is 32.1 Å². The minimum Gasteiger partial charge on any atom is -0.325 e. The normalized spacial score (nSPS) is 19.7. The highest BCUT2D eigenvalue weighted by atomic mass is 19.3. The van der Waals surface area contributed by atoms with E-state index in [9.17, 15) is 17.6 Å². The van der Waals surface area contributed by atoms with Crippen LogP contribution < -0.4 is 5.73 Å². The third-order valence-corrected chi connectivity index (χ3v) is 2.75. The minimum atomic E-state index is -2.93. The highest BCUT2D eigenvalue weighted by Crippen LogP contribution is 2.38. The first-order chi connectivity index (χ1) is 6.44. The van der Waals surface area contributed by atoms with Gasteiger partial charge in [0.2, 0.25) is 12.9 Å². The number of nitrogens with two attached hydrogens (primary N) is 1. The standard InChI is InChI=1S/C9H15F4N/c10-7(11)6(8(12)13)2-1-3-9(14)4-5-9/h6-8H,1-5,14H2. The Morgan fingerprint density at radius 2 is 1.57 bits per heavy atom. The highest BCUT2D eigenvalue weighted by molar-refractivity contribution is 4.98. The topological polar surface area (TPSA) is 26.0 Å². The van der Waals surface area contributed by atoms with E-state index in [1.165, 1.54) is 0 Å². The zero-order valence-corrected chi connectivity index (χ0v) is 7.86. The fraction of sp³-hybridized carbons (Fsp3) is 1.00. The summed E-state index contributed by atoms with van der Waals surface area (Å²) in [4.78, 5) is 0. The smallest absolute Gasteiger partial charge is 0.246 e. The SMILES string of the molecule is NC1(CCCC(C(F)F)C(F)F)CC1. The van der Waals surface area contributed by atoms with Crippen molar-refractivity contribution in [3.8, 4) is 0 Å². The maximum Gasteiger partial charge on any atom is 0.246 e. The molecule has 0 unspecified atom stereocenters. The quantitative estimate of drug-likeness (QED) is 0.674.